The molecule has 0 aromatic carbocycles. The molecule has 6 nitrogen and oxygen atoms in total. The number of halogens is 1. The van der Waals surface area contributed by atoms with Crippen molar-refractivity contribution in [1.29, 1.82) is 0 Å². The summed E-state index contributed by atoms with van der Waals surface area (Å²) in [5.41, 5.74) is 0.428. The van der Waals surface area contributed by atoms with E-state index in [0.29, 0.717) is 49.3 Å². The zero-order valence-corrected chi connectivity index (χ0v) is 18.4. The highest BCUT2D eigenvalue weighted by molar-refractivity contribution is 6.39. The van der Waals surface area contributed by atoms with Crippen LogP contribution < -0.4 is 4.90 Å². The third-order valence-electron chi connectivity index (χ3n) is 6.68. The van der Waals surface area contributed by atoms with Crippen molar-refractivity contribution in [1.82, 2.24) is 9.88 Å². The molecule has 1 aliphatic carbocycles. The van der Waals surface area contributed by atoms with Crippen molar-refractivity contribution in [2.24, 2.45) is 16.5 Å². The minimum absolute atomic E-state index is 0.0203. The number of nitrogens with zero attached hydrogens (tertiary/aromatic N) is 4. The highest BCUT2D eigenvalue weighted by Gasteiger charge is 2.53. The summed E-state index contributed by atoms with van der Waals surface area (Å²) >= 11 is 6.27. The van der Waals surface area contributed by atoms with Crippen LogP contribution >= 0.6 is 11.6 Å². The molecule has 1 aromatic heterocycles. The van der Waals surface area contributed by atoms with Gasteiger partial charge in [-0.15, -0.1) is 0 Å². The molecule has 1 saturated carbocycles. The molecule has 7 heteroatoms. The molecule has 2 unspecified atom stereocenters. The van der Waals surface area contributed by atoms with Crippen molar-refractivity contribution in [3.05, 3.63) is 23.4 Å². The van der Waals surface area contributed by atoms with Gasteiger partial charge in [-0.2, -0.15) is 0 Å². The Bertz CT molecular complexity index is 798. The van der Waals surface area contributed by atoms with E-state index in [4.69, 9.17) is 16.4 Å². The Kier molecular flexibility index (Phi) is 5.49. The number of rotatable bonds is 2. The Morgan fingerprint density at radius 1 is 1.24 bits per heavy atom. The first-order valence-electron chi connectivity index (χ1n) is 10.7. The van der Waals surface area contributed by atoms with Gasteiger partial charge in [0, 0.05) is 44.7 Å². The molecule has 158 valence electrons. The Balaban J connectivity index is 1.39. The first-order valence-corrected chi connectivity index (χ1v) is 11.1. The molecule has 0 radical (unpaired) electrons. The zero-order valence-electron chi connectivity index (χ0n) is 17.7. The lowest BCUT2D eigenvalue weighted by atomic mass is 9.62. The maximum atomic E-state index is 13.1. The van der Waals surface area contributed by atoms with Crippen LogP contribution in [0.2, 0.25) is 5.02 Å². The number of anilines is 1. The summed E-state index contributed by atoms with van der Waals surface area (Å²) in [6.07, 6.45) is 6.89. The number of hydrogen-bond donors (Lipinski definition) is 0. The lowest BCUT2D eigenvalue weighted by Gasteiger charge is -2.45. The third kappa shape index (κ3) is 3.96. The fourth-order valence-electron chi connectivity index (χ4n) is 5.28. The number of amides is 1. The van der Waals surface area contributed by atoms with Crippen LogP contribution in [-0.4, -0.2) is 53.3 Å². The standard InChI is InChI=1S/C22H31ClN4O2/c1-21(2,3)18-8-4-5-9-22(18)15-17(25-29-22)20(28)27-13-11-26(12-14-27)19-16(23)7-6-10-24-19/h6-7,10,18H,4-5,8-9,11-15H2,1-3H3. The molecule has 29 heavy (non-hydrogen) atoms. The summed E-state index contributed by atoms with van der Waals surface area (Å²) < 4.78 is 0. The van der Waals surface area contributed by atoms with Crippen molar-refractivity contribution in [2.45, 2.75) is 58.5 Å². The second kappa shape index (κ2) is 7.78. The average molecular weight is 419 g/mol. The Morgan fingerprint density at radius 2 is 2.00 bits per heavy atom. The van der Waals surface area contributed by atoms with Gasteiger partial charge in [0.15, 0.2) is 0 Å². The topological polar surface area (TPSA) is 58.0 Å². The van der Waals surface area contributed by atoms with Crippen LogP contribution in [0.1, 0.15) is 52.9 Å². The van der Waals surface area contributed by atoms with Crippen molar-refractivity contribution in [3.8, 4) is 0 Å². The van der Waals surface area contributed by atoms with E-state index >= 15 is 0 Å². The zero-order chi connectivity index (χ0) is 20.6. The number of carbonyl (C=O) groups is 1. The summed E-state index contributed by atoms with van der Waals surface area (Å²) in [7, 11) is 0. The summed E-state index contributed by atoms with van der Waals surface area (Å²) in [4.78, 5) is 27.6. The Hall–Kier alpha value is -1.82. The molecule has 0 N–H and O–H groups in total. The highest BCUT2D eigenvalue weighted by Crippen LogP contribution is 2.50. The minimum atomic E-state index is -0.301. The Labute approximate surface area is 178 Å². The first kappa shape index (κ1) is 20.5. The fraction of sp³-hybridized carbons (Fsp3) is 0.682. The largest absolute Gasteiger partial charge is 0.388 e. The van der Waals surface area contributed by atoms with Gasteiger partial charge in [-0.25, -0.2) is 4.98 Å². The highest BCUT2D eigenvalue weighted by atomic mass is 35.5. The molecular weight excluding hydrogens is 388 g/mol. The van der Waals surface area contributed by atoms with Crippen LogP contribution in [0.25, 0.3) is 0 Å². The molecule has 2 aliphatic heterocycles. The number of carbonyl (C=O) groups excluding carboxylic acids is 1. The van der Waals surface area contributed by atoms with Gasteiger partial charge in [0.05, 0.1) is 5.02 Å². The molecule has 3 aliphatic rings. The number of oxime groups is 1. The van der Waals surface area contributed by atoms with E-state index in [0.717, 1.165) is 25.1 Å². The number of hydrogen-bond acceptors (Lipinski definition) is 5. The van der Waals surface area contributed by atoms with Crippen molar-refractivity contribution in [2.75, 3.05) is 31.1 Å². The third-order valence-corrected chi connectivity index (χ3v) is 6.97. The molecule has 2 atom stereocenters. The van der Waals surface area contributed by atoms with E-state index < -0.39 is 0 Å². The first-order chi connectivity index (χ1) is 13.8. The van der Waals surface area contributed by atoms with Crippen molar-refractivity contribution < 1.29 is 9.63 Å². The average Bonchev–Trinajstić information content (AvgIpc) is 3.11. The maximum absolute atomic E-state index is 13.1. The summed E-state index contributed by atoms with van der Waals surface area (Å²) in [6, 6.07) is 3.68. The molecule has 0 bridgehead atoms. The lowest BCUT2D eigenvalue weighted by Crippen LogP contribution is -2.52. The van der Waals surface area contributed by atoms with Crippen LogP contribution in [-0.2, 0) is 9.63 Å². The minimum Gasteiger partial charge on any atom is -0.388 e. The van der Waals surface area contributed by atoms with E-state index in [9.17, 15) is 4.79 Å². The van der Waals surface area contributed by atoms with Crippen LogP contribution in [0.15, 0.2) is 23.5 Å². The second-order valence-corrected chi connectivity index (χ2v) is 10.0. The van der Waals surface area contributed by atoms with Gasteiger partial charge in [0.25, 0.3) is 5.91 Å². The van der Waals surface area contributed by atoms with E-state index in [1.165, 1.54) is 6.42 Å². The number of piperazine rings is 1. The van der Waals surface area contributed by atoms with E-state index in [-0.39, 0.29) is 16.9 Å². The van der Waals surface area contributed by atoms with Crippen LogP contribution in [0.3, 0.4) is 0 Å². The van der Waals surface area contributed by atoms with Crippen molar-refractivity contribution >= 4 is 29.0 Å². The van der Waals surface area contributed by atoms with Gasteiger partial charge in [-0.3, -0.25) is 4.79 Å². The van der Waals surface area contributed by atoms with Crippen LogP contribution in [0.5, 0.6) is 0 Å². The Morgan fingerprint density at radius 3 is 2.69 bits per heavy atom. The summed E-state index contributed by atoms with van der Waals surface area (Å²) in [6.45, 7) is 9.53. The van der Waals surface area contributed by atoms with Crippen LogP contribution in [0, 0.1) is 11.3 Å². The van der Waals surface area contributed by atoms with Gasteiger partial charge in [-0.1, -0.05) is 43.9 Å². The molecule has 2 fully saturated rings. The van der Waals surface area contributed by atoms with Gasteiger partial charge in [-0.05, 0) is 36.8 Å². The van der Waals surface area contributed by atoms with Gasteiger partial charge in [0.1, 0.15) is 17.1 Å². The molecule has 1 spiro atoms. The predicted molar refractivity (Wildman–Crippen MR) is 115 cm³/mol. The molecular formula is C22H31ClN4O2. The van der Waals surface area contributed by atoms with E-state index in [1.807, 2.05) is 17.0 Å². The fourth-order valence-corrected chi connectivity index (χ4v) is 5.52. The maximum Gasteiger partial charge on any atom is 0.271 e. The normalized spacial score (nSPS) is 27.7. The quantitative estimate of drug-likeness (QED) is 0.724. The molecule has 1 saturated heterocycles. The molecule has 1 aromatic rings. The number of pyridine rings is 1. The van der Waals surface area contributed by atoms with E-state index in [1.54, 1.807) is 6.20 Å². The monoisotopic (exact) mass is 418 g/mol. The summed E-state index contributed by atoms with van der Waals surface area (Å²) in [5, 5.41) is 4.97. The molecule has 4 rings (SSSR count). The van der Waals surface area contributed by atoms with Crippen LogP contribution in [0.4, 0.5) is 5.82 Å². The molecule has 1 amide bonds. The van der Waals surface area contributed by atoms with Gasteiger partial charge in [0.2, 0.25) is 0 Å². The predicted octanol–water partition coefficient (Wildman–Crippen LogP) is 4.14. The SMILES string of the molecule is CC(C)(C)C1CCCCC12CC(C(=O)N1CCN(c3ncccc3Cl)CC1)=NO2. The van der Waals surface area contributed by atoms with E-state index in [2.05, 4.69) is 35.8 Å². The lowest BCUT2D eigenvalue weighted by molar-refractivity contribution is -0.124. The smallest absolute Gasteiger partial charge is 0.271 e. The van der Waals surface area contributed by atoms with Crippen molar-refractivity contribution in [3.63, 3.8) is 0 Å². The second-order valence-electron chi connectivity index (χ2n) is 9.62. The van der Waals surface area contributed by atoms with Gasteiger partial charge < -0.3 is 14.6 Å². The summed E-state index contributed by atoms with van der Waals surface area (Å²) in [5.74, 6) is 1.23. The molecule has 3 heterocycles. The number of aromatic nitrogens is 1. The van der Waals surface area contributed by atoms with Gasteiger partial charge >= 0.3 is 0 Å².